The summed E-state index contributed by atoms with van der Waals surface area (Å²) < 4.78 is 64.6. The summed E-state index contributed by atoms with van der Waals surface area (Å²) in [6.07, 6.45) is 3.95. The van der Waals surface area contributed by atoms with Crippen LogP contribution in [-0.4, -0.2) is 72.8 Å². The van der Waals surface area contributed by atoms with Crippen LogP contribution in [0.2, 0.25) is 0 Å². The van der Waals surface area contributed by atoms with Crippen molar-refractivity contribution in [1.29, 1.82) is 5.26 Å². The zero-order valence-electron chi connectivity index (χ0n) is 16.6. The Morgan fingerprint density at radius 1 is 1.23 bits per heavy atom. The Morgan fingerprint density at radius 2 is 1.87 bits per heavy atom. The number of likely N-dealkylation sites (N-methyl/N-ethyl adjacent to an activating group) is 1. The lowest BCUT2D eigenvalue weighted by atomic mass is 10.1. The average Bonchev–Trinajstić information content (AvgIpc) is 3.01. The van der Waals surface area contributed by atoms with E-state index < -0.39 is 21.2 Å². The van der Waals surface area contributed by atoms with Gasteiger partial charge in [0.25, 0.3) is 5.96 Å². The molecule has 2 aliphatic rings. The predicted molar refractivity (Wildman–Crippen MR) is 110 cm³/mol. The van der Waals surface area contributed by atoms with Gasteiger partial charge in [-0.3, -0.25) is 0 Å². The van der Waals surface area contributed by atoms with Gasteiger partial charge in [-0.05, 0) is 32.1 Å². The maximum absolute atomic E-state index is 12.9. The first-order valence-corrected chi connectivity index (χ1v) is 10.1. The van der Waals surface area contributed by atoms with Crippen molar-refractivity contribution in [2.75, 3.05) is 20.1 Å². The molecule has 164 valence electrons. The van der Waals surface area contributed by atoms with Gasteiger partial charge in [0.05, 0.1) is 0 Å². The van der Waals surface area contributed by atoms with Crippen LogP contribution in [0.25, 0.3) is 5.41 Å². The molecule has 0 saturated carbocycles. The van der Waals surface area contributed by atoms with Gasteiger partial charge in [0.1, 0.15) is 23.2 Å². The number of nitriles is 1. The molecular weight excluding hydrogens is 437 g/mol. The average molecular weight is 453 g/mol. The van der Waals surface area contributed by atoms with Crippen LogP contribution in [0.15, 0.2) is 49.2 Å². The van der Waals surface area contributed by atoms with E-state index in [4.69, 9.17) is 10.7 Å². The van der Waals surface area contributed by atoms with Crippen molar-refractivity contribution in [3.8, 4) is 6.07 Å². The van der Waals surface area contributed by atoms with E-state index in [9.17, 15) is 21.6 Å². The second kappa shape index (κ2) is 9.07. The van der Waals surface area contributed by atoms with Gasteiger partial charge >= 0.3 is 15.5 Å². The monoisotopic (exact) mass is 453 g/mol. The molecule has 1 aliphatic heterocycles. The summed E-state index contributed by atoms with van der Waals surface area (Å²) in [5, 5.41) is 25.6. The molecule has 0 bridgehead atoms. The van der Waals surface area contributed by atoms with E-state index in [0.29, 0.717) is 18.8 Å². The summed E-state index contributed by atoms with van der Waals surface area (Å²) >= 11 is 0. The number of alkyl halides is 3. The van der Waals surface area contributed by atoms with Crippen molar-refractivity contribution in [2.24, 2.45) is 19.6 Å². The van der Waals surface area contributed by atoms with E-state index in [1.165, 1.54) is 19.2 Å². The maximum Gasteiger partial charge on any atom is 0.518 e. The van der Waals surface area contributed by atoms with Crippen molar-refractivity contribution >= 4 is 39.0 Å². The number of sulfonamides is 1. The van der Waals surface area contributed by atoms with Crippen LogP contribution in [0.5, 0.6) is 0 Å². The summed E-state index contributed by atoms with van der Waals surface area (Å²) in [6, 6.07) is 1.71. The van der Waals surface area contributed by atoms with Crippen molar-refractivity contribution in [1.82, 2.24) is 9.80 Å². The van der Waals surface area contributed by atoms with E-state index in [2.05, 4.69) is 19.6 Å². The lowest BCUT2D eigenvalue weighted by molar-refractivity contribution is -0.0435. The zero-order valence-corrected chi connectivity index (χ0v) is 17.4. The Labute approximate surface area is 176 Å². The SMILES string of the molecule is CCN(CC)C1=CC(=N\S(=O)(=O)C(F)(F)F)/C(=N/N=C2\N=C(C#N)C(=C=[N-])N2C)C=C1. The summed E-state index contributed by atoms with van der Waals surface area (Å²) in [5.41, 5.74) is -6.28. The molecule has 0 fully saturated rings. The van der Waals surface area contributed by atoms with Gasteiger partial charge in [-0.15, -0.1) is 10.2 Å². The molecule has 0 aromatic rings. The Morgan fingerprint density at radius 3 is 2.35 bits per heavy atom. The molecule has 0 amide bonds. The van der Waals surface area contributed by atoms with Crippen molar-refractivity contribution in [3.63, 3.8) is 0 Å². The molecule has 0 aromatic heterocycles. The third-order valence-electron chi connectivity index (χ3n) is 4.13. The minimum atomic E-state index is -5.83. The van der Waals surface area contributed by atoms with Gasteiger partial charge in [0.2, 0.25) is 0 Å². The van der Waals surface area contributed by atoms with Crippen molar-refractivity contribution < 1.29 is 21.6 Å². The molecule has 0 unspecified atom stereocenters. The standard InChI is InChI=1S/C17H16F3N8O2S/c1-4-28(5-2)11-6-7-12(13(8-11)26-31(29,30)17(18,19)20)24-25-16-23-14(9-21)15(10-22)27(16)3/h6-8H,4-5H2,1-3H3/q-1/b24-12+,25-16+,26-13+. The normalized spacial score (nSPS) is 20.7. The van der Waals surface area contributed by atoms with Gasteiger partial charge in [0.15, 0.2) is 5.71 Å². The molecule has 0 radical (unpaired) electrons. The summed E-state index contributed by atoms with van der Waals surface area (Å²) in [5.74, 6) is 1.60. The maximum atomic E-state index is 12.9. The first kappa shape index (κ1) is 23.7. The zero-order chi connectivity index (χ0) is 23.4. The lowest BCUT2D eigenvalue weighted by Crippen LogP contribution is -2.28. The molecule has 0 N–H and O–H groups in total. The fourth-order valence-corrected chi connectivity index (χ4v) is 3.03. The molecule has 2 rings (SSSR count). The number of hydrogen-bond donors (Lipinski definition) is 0. The Kier molecular flexibility index (Phi) is 6.94. The quantitative estimate of drug-likeness (QED) is 0.355. The van der Waals surface area contributed by atoms with Crippen LogP contribution in [0.4, 0.5) is 13.2 Å². The highest BCUT2D eigenvalue weighted by Crippen LogP contribution is 2.26. The highest BCUT2D eigenvalue weighted by Gasteiger charge is 2.46. The van der Waals surface area contributed by atoms with Crippen LogP contribution in [-0.2, 0) is 10.0 Å². The predicted octanol–water partition coefficient (Wildman–Crippen LogP) is 1.82. The van der Waals surface area contributed by atoms with E-state index in [0.717, 1.165) is 11.0 Å². The van der Waals surface area contributed by atoms with Gasteiger partial charge in [-0.25, -0.2) is 5.87 Å². The van der Waals surface area contributed by atoms with Crippen LogP contribution in [0.1, 0.15) is 13.8 Å². The molecule has 1 aliphatic carbocycles. The fourth-order valence-electron chi connectivity index (χ4n) is 2.52. The van der Waals surface area contributed by atoms with Crippen LogP contribution in [0, 0.1) is 11.3 Å². The first-order valence-electron chi connectivity index (χ1n) is 8.70. The molecule has 0 saturated heterocycles. The van der Waals surface area contributed by atoms with Gasteiger partial charge in [-0.1, -0.05) is 0 Å². The number of aliphatic imine (C=N–C) groups is 1. The molecule has 0 aromatic carbocycles. The van der Waals surface area contributed by atoms with Crippen LogP contribution >= 0.6 is 0 Å². The Balaban J connectivity index is 2.59. The second-order valence-electron chi connectivity index (χ2n) is 5.95. The van der Waals surface area contributed by atoms with E-state index in [1.807, 2.05) is 13.8 Å². The molecule has 0 atom stereocenters. The second-order valence-corrected chi connectivity index (χ2v) is 7.54. The molecule has 10 nitrogen and oxygen atoms in total. The molecule has 31 heavy (non-hydrogen) atoms. The number of guanidine groups is 1. The van der Waals surface area contributed by atoms with Crippen LogP contribution in [0.3, 0.4) is 0 Å². The highest BCUT2D eigenvalue weighted by molar-refractivity contribution is 7.91. The minimum Gasteiger partial charge on any atom is -0.761 e. The third-order valence-corrected chi connectivity index (χ3v) is 5.15. The van der Waals surface area contributed by atoms with Crippen molar-refractivity contribution in [3.05, 3.63) is 35.0 Å². The van der Waals surface area contributed by atoms with Gasteiger partial charge < -0.3 is 15.2 Å². The molecule has 0 spiro atoms. The fraction of sp³-hybridized carbons (Fsp3) is 0.353. The van der Waals surface area contributed by atoms with E-state index in [1.54, 1.807) is 16.8 Å². The summed E-state index contributed by atoms with van der Waals surface area (Å²) in [6.45, 7) is 4.68. The van der Waals surface area contributed by atoms with Crippen molar-refractivity contribution in [2.45, 2.75) is 19.4 Å². The molecule has 14 heteroatoms. The summed E-state index contributed by atoms with van der Waals surface area (Å²) in [4.78, 5) is 6.75. The number of hydrogen-bond acceptors (Lipinski definition) is 6. The number of rotatable bonds is 5. The van der Waals surface area contributed by atoms with Gasteiger partial charge in [0, 0.05) is 25.8 Å². The number of nitrogens with zero attached hydrogens (tertiary/aromatic N) is 8. The smallest absolute Gasteiger partial charge is 0.518 e. The minimum absolute atomic E-state index is 0.0853. The first-order chi connectivity index (χ1) is 14.5. The number of allylic oxidation sites excluding steroid dienone is 4. The summed E-state index contributed by atoms with van der Waals surface area (Å²) in [7, 11) is -4.44. The Bertz CT molecular complexity index is 1140. The van der Waals surface area contributed by atoms with Gasteiger partial charge in [-0.2, -0.15) is 36.2 Å². The Hall–Kier alpha value is -3.56. The molecular formula is C17H16F3N8O2S-. The van der Waals surface area contributed by atoms with E-state index >= 15 is 0 Å². The number of halogens is 3. The topological polar surface area (TPSA) is 136 Å². The lowest BCUT2D eigenvalue weighted by Gasteiger charge is -2.24. The van der Waals surface area contributed by atoms with E-state index in [-0.39, 0.29) is 23.1 Å². The third kappa shape index (κ3) is 4.96. The largest absolute Gasteiger partial charge is 0.761 e. The van der Waals surface area contributed by atoms with Crippen LogP contribution < -0.4 is 0 Å². The molecule has 1 heterocycles. The highest BCUT2D eigenvalue weighted by atomic mass is 32.2.